The first kappa shape index (κ1) is 18.1. The van der Waals surface area contributed by atoms with Gasteiger partial charge in [-0.15, -0.1) is 0 Å². The molecule has 0 aromatic rings. The minimum Gasteiger partial charge on any atom is -0.331 e. The minimum atomic E-state index is -0.153. The first-order valence-corrected chi connectivity index (χ1v) is 7.74. The number of likely N-dealkylation sites (tertiary alicyclic amines) is 1. The van der Waals surface area contributed by atoms with Crippen LogP contribution in [0.25, 0.3) is 0 Å². The summed E-state index contributed by atoms with van der Waals surface area (Å²) in [4.78, 5) is 25.2. The van der Waals surface area contributed by atoms with Crippen LogP contribution in [0.3, 0.4) is 0 Å². The van der Waals surface area contributed by atoms with E-state index in [1.807, 2.05) is 27.7 Å². The molecule has 1 amide bonds. The first-order chi connectivity index (χ1) is 9.20. The molecule has 2 rings (SSSR count). The number of hydrogen-bond acceptors (Lipinski definition) is 3. The SMILES string of the molecule is CC.CC.CC(=O)C1CCCN1C(=O)C1CCCN1. The van der Waals surface area contributed by atoms with Crippen LogP contribution in [0.4, 0.5) is 0 Å². The molecule has 2 unspecified atom stereocenters. The van der Waals surface area contributed by atoms with E-state index in [1.165, 1.54) is 0 Å². The summed E-state index contributed by atoms with van der Waals surface area (Å²) in [7, 11) is 0. The van der Waals surface area contributed by atoms with Crippen molar-refractivity contribution in [2.24, 2.45) is 0 Å². The van der Waals surface area contributed by atoms with Gasteiger partial charge >= 0.3 is 0 Å². The molecule has 2 aliphatic heterocycles. The first-order valence-electron chi connectivity index (χ1n) is 7.74. The number of nitrogens with one attached hydrogen (secondary N) is 1. The molecule has 112 valence electrons. The lowest BCUT2D eigenvalue weighted by molar-refractivity contribution is -0.138. The fourth-order valence-corrected chi connectivity index (χ4v) is 2.55. The van der Waals surface area contributed by atoms with Gasteiger partial charge in [0.2, 0.25) is 5.91 Å². The van der Waals surface area contributed by atoms with Gasteiger partial charge < -0.3 is 10.2 Å². The molecule has 19 heavy (non-hydrogen) atoms. The second kappa shape index (κ2) is 9.96. The highest BCUT2D eigenvalue weighted by Gasteiger charge is 2.35. The Morgan fingerprint density at radius 3 is 2.16 bits per heavy atom. The van der Waals surface area contributed by atoms with Gasteiger partial charge in [-0.05, 0) is 39.2 Å². The number of carbonyl (C=O) groups excluding carboxylic acids is 2. The van der Waals surface area contributed by atoms with Gasteiger partial charge in [0, 0.05) is 6.54 Å². The Kier molecular flexibility index (Phi) is 9.48. The maximum atomic E-state index is 12.1. The second-order valence-corrected chi connectivity index (χ2v) is 4.45. The van der Waals surface area contributed by atoms with Gasteiger partial charge in [-0.25, -0.2) is 0 Å². The molecule has 2 heterocycles. The summed E-state index contributed by atoms with van der Waals surface area (Å²) in [6.07, 6.45) is 3.78. The quantitative estimate of drug-likeness (QED) is 0.838. The molecule has 2 aliphatic rings. The molecular weight excluding hydrogens is 240 g/mol. The van der Waals surface area contributed by atoms with Crippen molar-refractivity contribution in [1.29, 1.82) is 0 Å². The summed E-state index contributed by atoms with van der Waals surface area (Å²) in [5.41, 5.74) is 0. The van der Waals surface area contributed by atoms with E-state index in [2.05, 4.69) is 5.32 Å². The van der Waals surface area contributed by atoms with Gasteiger partial charge in [0.05, 0.1) is 12.1 Å². The zero-order valence-corrected chi connectivity index (χ0v) is 13.2. The number of rotatable bonds is 2. The maximum Gasteiger partial charge on any atom is 0.240 e. The van der Waals surface area contributed by atoms with Crippen molar-refractivity contribution in [2.75, 3.05) is 13.1 Å². The smallest absolute Gasteiger partial charge is 0.240 e. The number of hydrogen-bond donors (Lipinski definition) is 1. The maximum absolute atomic E-state index is 12.1. The minimum absolute atomic E-state index is 0.0371. The van der Waals surface area contributed by atoms with Crippen LogP contribution in [0.5, 0.6) is 0 Å². The molecule has 1 N–H and O–H groups in total. The lowest BCUT2D eigenvalue weighted by atomic mass is 10.1. The van der Waals surface area contributed by atoms with Crippen molar-refractivity contribution in [3.05, 3.63) is 0 Å². The molecule has 0 bridgehead atoms. The third kappa shape index (κ3) is 4.94. The molecule has 0 aliphatic carbocycles. The molecular formula is C15H30N2O2. The molecule has 0 saturated carbocycles. The monoisotopic (exact) mass is 270 g/mol. The molecule has 2 fully saturated rings. The van der Waals surface area contributed by atoms with E-state index >= 15 is 0 Å². The van der Waals surface area contributed by atoms with Crippen molar-refractivity contribution in [2.45, 2.75) is 72.4 Å². The van der Waals surface area contributed by atoms with E-state index in [1.54, 1.807) is 11.8 Å². The zero-order chi connectivity index (χ0) is 14.8. The number of carbonyl (C=O) groups is 2. The van der Waals surface area contributed by atoms with Crippen molar-refractivity contribution >= 4 is 11.7 Å². The molecule has 0 radical (unpaired) electrons. The lowest BCUT2D eigenvalue weighted by Gasteiger charge is -2.25. The van der Waals surface area contributed by atoms with E-state index in [-0.39, 0.29) is 23.8 Å². The largest absolute Gasteiger partial charge is 0.331 e. The van der Waals surface area contributed by atoms with E-state index in [0.29, 0.717) is 0 Å². The van der Waals surface area contributed by atoms with Crippen molar-refractivity contribution in [3.8, 4) is 0 Å². The molecule has 2 saturated heterocycles. The Morgan fingerprint density at radius 1 is 1.05 bits per heavy atom. The predicted molar refractivity (Wildman–Crippen MR) is 79.1 cm³/mol. The van der Waals surface area contributed by atoms with Crippen LogP contribution in [0.2, 0.25) is 0 Å². The van der Waals surface area contributed by atoms with Crippen molar-refractivity contribution in [1.82, 2.24) is 10.2 Å². The highest BCUT2D eigenvalue weighted by atomic mass is 16.2. The van der Waals surface area contributed by atoms with Gasteiger partial charge in [-0.3, -0.25) is 9.59 Å². The highest BCUT2D eigenvalue weighted by Crippen LogP contribution is 2.20. The van der Waals surface area contributed by atoms with Gasteiger partial charge in [-0.1, -0.05) is 27.7 Å². The zero-order valence-electron chi connectivity index (χ0n) is 13.2. The van der Waals surface area contributed by atoms with E-state index < -0.39 is 0 Å². The highest BCUT2D eigenvalue weighted by molar-refractivity contribution is 5.90. The number of ketones is 1. The summed E-state index contributed by atoms with van der Waals surface area (Å²) in [6, 6.07) is -0.190. The Labute approximate surface area is 117 Å². The lowest BCUT2D eigenvalue weighted by Crippen LogP contribution is -2.47. The van der Waals surface area contributed by atoms with E-state index in [9.17, 15) is 9.59 Å². The van der Waals surface area contributed by atoms with Gasteiger partial charge in [0.15, 0.2) is 5.78 Å². The Balaban J connectivity index is 0.000000741. The summed E-state index contributed by atoms with van der Waals surface area (Å²) in [6.45, 7) is 11.3. The summed E-state index contributed by atoms with van der Waals surface area (Å²) >= 11 is 0. The summed E-state index contributed by atoms with van der Waals surface area (Å²) < 4.78 is 0. The topological polar surface area (TPSA) is 49.4 Å². The summed E-state index contributed by atoms with van der Waals surface area (Å²) in [5, 5.41) is 3.19. The van der Waals surface area contributed by atoms with Gasteiger partial charge in [-0.2, -0.15) is 0 Å². The molecule has 0 aromatic heterocycles. The fraction of sp³-hybridized carbons (Fsp3) is 0.867. The Bertz CT molecular complexity index is 273. The average molecular weight is 270 g/mol. The fourth-order valence-electron chi connectivity index (χ4n) is 2.55. The van der Waals surface area contributed by atoms with Crippen LogP contribution >= 0.6 is 0 Å². The second-order valence-electron chi connectivity index (χ2n) is 4.45. The van der Waals surface area contributed by atoms with Crippen molar-refractivity contribution in [3.63, 3.8) is 0 Å². The van der Waals surface area contributed by atoms with Crippen LogP contribution in [-0.4, -0.2) is 41.8 Å². The Hall–Kier alpha value is -0.900. The molecule has 4 nitrogen and oxygen atoms in total. The molecule has 0 spiro atoms. The van der Waals surface area contributed by atoms with Crippen LogP contribution < -0.4 is 5.32 Å². The molecule has 2 atom stereocenters. The Morgan fingerprint density at radius 2 is 1.68 bits per heavy atom. The average Bonchev–Trinajstić information content (AvgIpc) is 3.13. The molecule has 4 heteroatoms. The number of Topliss-reactive ketones (excluding diaryl/α,β-unsaturated/α-hetero) is 1. The van der Waals surface area contributed by atoms with E-state index in [0.717, 1.165) is 38.8 Å². The third-order valence-electron chi connectivity index (χ3n) is 3.36. The van der Waals surface area contributed by atoms with Crippen LogP contribution in [-0.2, 0) is 9.59 Å². The van der Waals surface area contributed by atoms with E-state index in [4.69, 9.17) is 0 Å². The van der Waals surface area contributed by atoms with Crippen molar-refractivity contribution < 1.29 is 9.59 Å². The normalized spacial score (nSPS) is 25.0. The third-order valence-corrected chi connectivity index (χ3v) is 3.36. The number of nitrogens with zero attached hydrogens (tertiary/aromatic N) is 1. The summed E-state index contributed by atoms with van der Waals surface area (Å²) in [5.74, 6) is 0.254. The predicted octanol–water partition coefficient (Wildman–Crippen LogP) is 2.37. The van der Waals surface area contributed by atoms with Gasteiger partial charge in [0.1, 0.15) is 0 Å². The number of amides is 1. The van der Waals surface area contributed by atoms with Crippen LogP contribution in [0, 0.1) is 0 Å². The standard InChI is InChI=1S/C11H18N2O2.2C2H6/c1-8(14)10-5-3-7-13(10)11(15)9-4-2-6-12-9;2*1-2/h9-10,12H,2-7H2,1H3;2*1-2H3. The van der Waals surface area contributed by atoms with Crippen LogP contribution in [0.1, 0.15) is 60.3 Å². The molecule has 0 aromatic carbocycles. The van der Waals surface area contributed by atoms with Crippen LogP contribution in [0.15, 0.2) is 0 Å². The van der Waals surface area contributed by atoms with Gasteiger partial charge in [0.25, 0.3) is 0 Å².